The van der Waals surface area contributed by atoms with Gasteiger partial charge in [-0.2, -0.15) is 0 Å². The van der Waals surface area contributed by atoms with Crippen molar-refractivity contribution < 1.29 is 9.90 Å². The number of hydrogen-bond acceptors (Lipinski definition) is 7. The lowest BCUT2D eigenvalue weighted by Crippen LogP contribution is -2.52. The van der Waals surface area contributed by atoms with Crippen molar-refractivity contribution in [1.29, 1.82) is 0 Å². The van der Waals surface area contributed by atoms with E-state index in [-0.39, 0.29) is 18.6 Å². The monoisotopic (exact) mass is 425 g/mol. The number of nitrogens with one attached hydrogen (secondary N) is 2. The van der Waals surface area contributed by atoms with Gasteiger partial charge in [0.1, 0.15) is 9.71 Å². The van der Waals surface area contributed by atoms with Crippen LogP contribution in [0, 0.1) is 6.92 Å². The fourth-order valence-electron chi connectivity index (χ4n) is 3.71. The summed E-state index contributed by atoms with van der Waals surface area (Å²) in [6, 6.07) is 12.3. The Hall–Kier alpha value is -2.68. The molecule has 0 aliphatic carbocycles. The zero-order valence-corrected chi connectivity index (χ0v) is 17.8. The van der Waals surface area contributed by atoms with Crippen LogP contribution < -0.4 is 21.3 Å². The summed E-state index contributed by atoms with van der Waals surface area (Å²) in [6.07, 6.45) is 0.745. The van der Waals surface area contributed by atoms with E-state index < -0.39 is 0 Å². The van der Waals surface area contributed by atoms with E-state index >= 15 is 0 Å². The van der Waals surface area contributed by atoms with Gasteiger partial charge in [-0.15, -0.1) is 11.3 Å². The summed E-state index contributed by atoms with van der Waals surface area (Å²) in [4.78, 5) is 20.6. The molecule has 3 heterocycles. The number of benzene rings is 1. The lowest BCUT2D eigenvalue weighted by Gasteiger charge is -2.34. The van der Waals surface area contributed by atoms with Gasteiger partial charge in [-0.25, -0.2) is 4.98 Å². The van der Waals surface area contributed by atoms with E-state index in [0.29, 0.717) is 17.1 Å². The zero-order chi connectivity index (χ0) is 21.1. The third-order valence-corrected chi connectivity index (χ3v) is 6.53. The second kappa shape index (κ2) is 8.99. The number of nitrogens with two attached hydrogens (primary N) is 1. The number of pyridine rings is 1. The smallest absolute Gasteiger partial charge is 0.263 e. The normalized spacial score (nSPS) is 16.7. The molecule has 0 radical (unpaired) electrons. The Morgan fingerprint density at radius 3 is 2.90 bits per heavy atom. The minimum atomic E-state index is -0.152. The molecule has 0 saturated carbocycles. The number of hydrogen-bond donors (Lipinski definition) is 4. The molecular weight excluding hydrogens is 398 g/mol. The molecule has 4 rings (SSSR count). The van der Waals surface area contributed by atoms with Crippen LogP contribution >= 0.6 is 11.3 Å². The first-order valence-corrected chi connectivity index (χ1v) is 11.0. The number of anilines is 2. The zero-order valence-electron chi connectivity index (χ0n) is 17.0. The molecule has 30 heavy (non-hydrogen) atoms. The van der Waals surface area contributed by atoms with E-state index in [4.69, 9.17) is 5.73 Å². The van der Waals surface area contributed by atoms with Crippen molar-refractivity contribution in [2.45, 2.75) is 19.4 Å². The summed E-state index contributed by atoms with van der Waals surface area (Å²) in [5.74, 6) is -0.152. The van der Waals surface area contributed by atoms with Crippen LogP contribution in [0.25, 0.3) is 10.2 Å². The molecule has 1 aliphatic rings. The number of carbonyl (C=O) groups is 1. The van der Waals surface area contributed by atoms with Crippen LogP contribution in [0.1, 0.15) is 20.9 Å². The first kappa shape index (κ1) is 20.6. The summed E-state index contributed by atoms with van der Waals surface area (Å²) < 4.78 is 0. The third-order valence-electron chi connectivity index (χ3n) is 5.42. The number of aromatic nitrogens is 1. The van der Waals surface area contributed by atoms with Crippen LogP contribution in [0.3, 0.4) is 0 Å². The molecule has 1 aliphatic heterocycles. The predicted molar refractivity (Wildman–Crippen MR) is 122 cm³/mol. The van der Waals surface area contributed by atoms with E-state index in [0.717, 1.165) is 53.2 Å². The first-order valence-electron chi connectivity index (χ1n) is 10.2. The van der Waals surface area contributed by atoms with Gasteiger partial charge in [0.15, 0.2) is 0 Å². The SMILES string of the molecule is Cc1ccc2c(N)c(C(=O)NCCc3ccc(N4CCN[C@H](CO)C4)cc3)sc2n1. The third kappa shape index (κ3) is 4.40. The van der Waals surface area contributed by atoms with Crippen LogP contribution in [-0.2, 0) is 6.42 Å². The predicted octanol–water partition coefficient (Wildman–Crippen LogP) is 1.93. The molecule has 7 nitrogen and oxygen atoms in total. The van der Waals surface area contributed by atoms with Gasteiger partial charge in [-0.05, 0) is 43.2 Å². The number of rotatable bonds is 6. The molecule has 0 unspecified atom stereocenters. The summed E-state index contributed by atoms with van der Waals surface area (Å²) in [6.45, 7) is 5.21. The quantitative estimate of drug-likeness (QED) is 0.481. The lowest BCUT2D eigenvalue weighted by molar-refractivity contribution is 0.0959. The Morgan fingerprint density at radius 1 is 1.33 bits per heavy atom. The standard InChI is InChI=1S/C22H27N5O2S/c1-14-2-7-18-19(23)20(30-22(18)26-14)21(29)25-9-8-15-3-5-17(6-4-15)27-11-10-24-16(12-27)13-28/h2-7,16,24,28H,8-13,23H2,1H3,(H,25,29)/t16-/m0/s1. The van der Waals surface area contributed by atoms with Gasteiger partial charge in [-0.1, -0.05) is 12.1 Å². The summed E-state index contributed by atoms with van der Waals surface area (Å²) >= 11 is 1.34. The number of thiophene rings is 1. The van der Waals surface area contributed by atoms with E-state index in [2.05, 4.69) is 44.8 Å². The molecular formula is C22H27N5O2S. The number of nitrogen functional groups attached to an aromatic ring is 1. The van der Waals surface area contributed by atoms with Crippen LogP contribution in [0.5, 0.6) is 0 Å². The number of nitrogens with zero attached hydrogens (tertiary/aromatic N) is 2. The van der Waals surface area contributed by atoms with Crippen molar-refractivity contribution in [3.05, 3.63) is 52.5 Å². The maximum Gasteiger partial charge on any atom is 0.263 e. The van der Waals surface area contributed by atoms with Crippen molar-refractivity contribution in [1.82, 2.24) is 15.6 Å². The average Bonchev–Trinajstić information content (AvgIpc) is 3.10. The van der Waals surface area contributed by atoms with Crippen LogP contribution in [0.15, 0.2) is 36.4 Å². The van der Waals surface area contributed by atoms with Crippen LogP contribution in [-0.4, -0.2) is 54.8 Å². The van der Waals surface area contributed by atoms with Crippen LogP contribution in [0.2, 0.25) is 0 Å². The highest BCUT2D eigenvalue weighted by molar-refractivity contribution is 7.21. The minimum Gasteiger partial charge on any atom is -0.397 e. The highest BCUT2D eigenvalue weighted by Crippen LogP contribution is 2.32. The topological polar surface area (TPSA) is 104 Å². The fourth-order valence-corrected chi connectivity index (χ4v) is 4.77. The van der Waals surface area contributed by atoms with Gasteiger partial charge < -0.3 is 26.4 Å². The number of aryl methyl sites for hydroxylation is 1. The van der Waals surface area contributed by atoms with Gasteiger partial charge in [0, 0.05) is 49.0 Å². The summed E-state index contributed by atoms with van der Waals surface area (Å²) in [7, 11) is 0. The van der Waals surface area contributed by atoms with Crippen molar-refractivity contribution >= 4 is 38.8 Å². The van der Waals surface area contributed by atoms with Gasteiger partial charge in [0.2, 0.25) is 0 Å². The Morgan fingerprint density at radius 2 is 2.13 bits per heavy atom. The molecule has 1 atom stereocenters. The molecule has 1 amide bonds. The second-order valence-corrected chi connectivity index (χ2v) is 8.60. The van der Waals surface area contributed by atoms with Crippen molar-refractivity contribution in [2.24, 2.45) is 0 Å². The van der Waals surface area contributed by atoms with Crippen LogP contribution in [0.4, 0.5) is 11.4 Å². The summed E-state index contributed by atoms with van der Waals surface area (Å²) in [5, 5.41) is 16.5. The van der Waals surface area contributed by atoms with E-state index in [9.17, 15) is 9.90 Å². The average molecular weight is 426 g/mol. The largest absolute Gasteiger partial charge is 0.397 e. The van der Waals surface area contributed by atoms with Gasteiger partial charge in [-0.3, -0.25) is 4.79 Å². The minimum absolute atomic E-state index is 0.120. The molecule has 1 fully saturated rings. The first-order chi connectivity index (χ1) is 14.5. The highest BCUT2D eigenvalue weighted by atomic mass is 32.1. The Kier molecular flexibility index (Phi) is 6.17. The number of amides is 1. The molecule has 1 saturated heterocycles. The molecule has 8 heteroatoms. The molecule has 3 aromatic rings. The van der Waals surface area contributed by atoms with E-state index in [1.165, 1.54) is 11.3 Å². The van der Waals surface area contributed by atoms with Crippen molar-refractivity contribution in [2.75, 3.05) is 43.4 Å². The Balaban J connectivity index is 1.33. The lowest BCUT2D eigenvalue weighted by atomic mass is 10.1. The maximum atomic E-state index is 12.6. The molecule has 0 bridgehead atoms. The Bertz CT molecular complexity index is 1030. The van der Waals surface area contributed by atoms with Crippen molar-refractivity contribution in [3.63, 3.8) is 0 Å². The number of fused-ring (bicyclic) bond motifs is 1. The second-order valence-electron chi connectivity index (χ2n) is 7.60. The number of aliphatic hydroxyl groups excluding tert-OH is 1. The van der Waals surface area contributed by atoms with Gasteiger partial charge in [0.25, 0.3) is 5.91 Å². The van der Waals surface area contributed by atoms with Crippen molar-refractivity contribution in [3.8, 4) is 0 Å². The number of aliphatic hydroxyl groups is 1. The molecule has 2 aromatic heterocycles. The number of carbonyl (C=O) groups excluding carboxylic acids is 1. The Labute approximate surface area is 179 Å². The van der Waals surface area contributed by atoms with Gasteiger partial charge in [0.05, 0.1) is 12.3 Å². The fraction of sp³-hybridized carbons (Fsp3) is 0.364. The summed E-state index contributed by atoms with van der Waals surface area (Å²) in [5.41, 5.74) is 9.89. The molecule has 0 spiro atoms. The molecule has 158 valence electrons. The highest BCUT2D eigenvalue weighted by Gasteiger charge is 2.19. The molecule has 1 aromatic carbocycles. The molecule has 5 N–H and O–H groups in total. The van der Waals surface area contributed by atoms with E-state index in [1.54, 1.807) is 0 Å². The van der Waals surface area contributed by atoms with E-state index in [1.807, 2.05) is 19.1 Å². The maximum absolute atomic E-state index is 12.6. The number of piperazine rings is 1. The van der Waals surface area contributed by atoms with Gasteiger partial charge >= 0.3 is 0 Å².